The summed E-state index contributed by atoms with van der Waals surface area (Å²) in [4.78, 5) is 2.85. The quantitative estimate of drug-likeness (QED) is 0.795. The summed E-state index contributed by atoms with van der Waals surface area (Å²) >= 11 is 8.55. The van der Waals surface area contributed by atoms with Gasteiger partial charge in [-0.1, -0.05) is 12.2 Å². The Bertz CT molecular complexity index is 470. The van der Waals surface area contributed by atoms with E-state index in [1.165, 1.54) is 32.4 Å². The molecule has 1 fully saturated rings. The van der Waals surface area contributed by atoms with Crippen LogP contribution in [0.2, 0.25) is 0 Å². The maximum atomic E-state index is 5.63. The topological polar surface area (TPSA) is 41.3 Å². The van der Waals surface area contributed by atoms with Crippen molar-refractivity contribution < 1.29 is 0 Å². The maximum Gasteiger partial charge on any atom is 0.104 e. The highest BCUT2D eigenvalue weighted by molar-refractivity contribution is 9.10. The number of rotatable bonds is 5. The lowest BCUT2D eigenvalue weighted by molar-refractivity contribution is 0.215. The summed E-state index contributed by atoms with van der Waals surface area (Å²) in [5, 5.41) is 3.49. The lowest BCUT2D eigenvalue weighted by Crippen LogP contribution is -2.30. The molecule has 1 heterocycles. The first-order valence-electron chi connectivity index (χ1n) is 7.08. The Balaban J connectivity index is 1.81. The van der Waals surface area contributed by atoms with Crippen LogP contribution >= 0.6 is 28.1 Å². The molecule has 0 spiro atoms. The van der Waals surface area contributed by atoms with E-state index < -0.39 is 0 Å². The van der Waals surface area contributed by atoms with Gasteiger partial charge in [-0.3, -0.25) is 0 Å². The molecule has 1 aliphatic heterocycles. The fourth-order valence-electron chi connectivity index (χ4n) is 2.57. The molecule has 0 aliphatic carbocycles. The number of nitrogens with zero attached hydrogens (tertiary/aromatic N) is 1. The van der Waals surface area contributed by atoms with Gasteiger partial charge in [0.1, 0.15) is 4.99 Å². The van der Waals surface area contributed by atoms with Crippen molar-refractivity contribution in [1.82, 2.24) is 4.90 Å². The van der Waals surface area contributed by atoms with Crippen LogP contribution in [0, 0.1) is 5.92 Å². The molecule has 3 N–H and O–H groups in total. The molecule has 1 aromatic rings. The van der Waals surface area contributed by atoms with Crippen molar-refractivity contribution in [2.45, 2.75) is 19.3 Å². The molecule has 0 aromatic heterocycles. The van der Waals surface area contributed by atoms with Gasteiger partial charge in [0, 0.05) is 22.3 Å². The van der Waals surface area contributed by atoms with Gasteiger partial charge in [0.25, 0.3) is 0 Å². The molecule has 110 valence electrons. The van der Waals surface area contributed by atoms with Crippen LogP contribution in [-0.2, 0) is 0 Å². The Hall–Kier alpha value is -0.650. The Morgan fingerprint density at radius 3 is 2.75 bits per heavy atom. The number of anilines is 1. The molecule has 1 aromatic carbocycles. The van der Waals surface area contributed by atoms with Crippen LogP contribution in [0.15, 0.2) is 22.7 Å². The molecule has 0 saturated carbocycles. The third-order valence-corrected chi connectivity index (χ3v) is 4.85. The second-order valence-corrected chi connectivity index (χ2v) is 6.82. The van der Waals surface area contributed by atoms with Crippen LogP contribution < -0.4 is 11.1 Å². The van der Waals surface area contributed by atoms with E-state index in [4.69, 9.17) is 18.0 Å². The van der Waals surface area contributed by atoms with E-state index in [0.717, 1.165) is 28.2 Å². The third-order valence-electron chi connectivity index (χ3n) is 3.96. The minimum atomic E-state index is 0.434. The SMILES string of the molecule is CN1CCC(CCNc2ccc(C(N)=S)cc2Br)CC1. The summed E-state index contributed by atoms with van der Waals surface area (Å²) in [7, 11) is 2.20. The second-order valence-electron chi connectivity index (χ2n) is 5.52. The van der Waals surface area contributed by atoms with Gasteiger partial charge in [-0.25, -0.2) is 0 Å². The first kappa shape index (κ1) is 15.7. The van der Waals surface area contributed by atoms with E-state index in [1.807, 2.05) is 18.2 Å². The molecule has 0 unspecified atom stereocenters. The third kappa shape index (κ3) is 4.43. The van der Waals surface area contributed by atoms with Crippen molar-refractivity contribution >= 4 is 38.8 Å². The first-order valence-corrected chi connectivity index (χ1v) is 8.28. The van der Waals surface area contributed by atoms with Crippen molar-refractivity contribution in [3.8, 4) is 0 Å². The van der Waals surface area contributed by atoms with Crippen molar-refractivity contribution in [2.24, 2.45) is 11.7 Å². The molecule has 0 atom stereocenters. The maximum absolute atomic E-state index is 5.63. The van der Waals surface area contributed by atoms with E-state index in [2.05, 4.69) is 33.2 Å². The fraction of sp³-hybridized carbons (Fsp3) is 0.533. The Labute approximate surface area is 135 Å². The molecular formula is C15H22BrN3S. The average molecular weight is 356 g/mol. The minimum Gasteiger partial charge on any atom is -0.389 e. The van der Waals surface area contributed by atoms with Crippen LogP contribution in [0.5, 0.6) is 0 Å². The molecule has 1 aliphatic rings. The largest absolute Gasteiger partial charge is 0.389 e. The normalized spacial score (nSPS) is 17.1. The summed E-state index contributed by atoms with van der Waals surface area (Å²) in [6, 6.07) is 5.97. The van der Waals surface area contributed by atoms with Crippen LogP contribution in [0.25, 0.3) is 0 Å². The molecule has 20 heavy (non-hydrogen) atoms. The van der Waals surface area contributed by atoms with Gasteiger partial charge in [0.05, 0.1) is 0 Å². The number of nitrogens with one attached hydrogen (secondary N) is 1. The van der Waals surface area contributed by atoms with E-state index in [9.17, 15) is 0 Å². The van der Waals surface area contributed by atoms with Crippen LogP contribution in [0.1, 0.15) is 24.8 Å². The highest BCUT2D eigenvalue weighted by Gasteiger charge is 2.16. The summed E-state index contributed by atoms with van der Waals surface area (Å²) in [5.74, 6) is 0.855. The first-order chi connectivity index (χ1) is 9.56. The number of likely N-dealkylation sites (tertiary alicyclic amines) is 1. The zero-order valence-corrected chi connectivity index (χ0v) is 14.3. The number of thiocarbonyl (C=S) groups is 1. The van der Waals surface area contributed by atoms with Crippen LogP contribution in [-0.4, -0.2) is 36.6 Å². The average Bonchev–Trinajstić information content (AvgIpc) is 2.42. The predicted molar refractivity (Wildman–Crippen MR) is 93.4 cm³/mol. The van der Waals surface area contributed by atoms with Gasteiger partial charge >= 0.3 is 0 Å². The number of halogens is 1. The summed E-state index contributed by atoms with van der Waals surface area (Å²) in [6.07, 6.45) is 3.87. The van der Waals surface area contributed by atoms with Crippen LogP contribution in [0.4, 0.5) is 5.69 Å². The number of hydrogen-bond acceptors (Lipinski definition) is 3. The highest BCUT2D eigenvalue weighted by atomic mass is 79.9. The van der Waals surface area contributed by atoms with Crippen molar-refractivity contribution in [1.29, 1.82) is 0 Å². The lowest BCUT2D eigenvalue weighted by Gasteiger charge is -2.29. The fourth-order valence-corrected chi connectivity index (χ4v) is 3.22. The van der Waals surface area contributed by atoms with Crippen molar-refractivity contribution in [2.75, 3.05) is 32.0 Å². The molecule has 0 bridgehead atoms. The van der Waals surface area contributed by atoms with Gasteiger partial charge in [-0.15, -0.1) is 0 Å². The minimum absolute atomic E-state index is 0.434. The Morgan fingerprint density at radius 1 is 1.45 bits per heavy atom. The van der Waals surface area contributed by atoms with Gasteiger partial charge in [-0.2, -0.15) is 0 Å². The molecule has 0 radical (unpaired) electrons. The van der Waals surface area contributed by atoms with E-state index in [1.54, 1.807) is 0 Å². The highest BCUT2D eigenvalue weighted by Crippen LogP contribution is 2.25. The number of nitrogens with two attached hydrogens (primary N) is 1. The van der Waals surface area contributed by atoms with E-state index in [-0.39, 0.29) is 0 Å². The zero-order chi connectivity index (χ0) is 14.5. The molecule has 3 nitrogen and oxygen atoms in total. The van der Waals surface area contributed by atoms with Crippen molar-refractivity contribution in [3.05, 3.63) is 28.2 Å². The van der Waals surface area contributed by atoms with Gasteiger partial charge in [0.2, 0.25) is 0 Å². The molecular weight excluding hydrogens is 334 g/mol. The van der Waals surface area contributed by atoms with Gasteiger partial charge < -0.3 is 16.0 Å². The monoisotopic (exact) mass is 355 g/mol. The number of benzene rings is 1. The standard InChI is InChI=1S/C15H22BrN3S/c1-19-8-5-11(6-9-19)4-7-18-14-3-2-12(15(17)20)10-13(14)16/h2-3,10-11,18H,4-9H2,1H3,(H2,17,20). The smallest absolute Gasteiger partial charge is 0.104 e. The van der Waals surface area contributed by atoms with Crippen LogP contribution in [0.3, 0.4) is 0 Å². The number of piperidine rings is 1. The molecule has 2 rings (SSSR count). The number of hydrogen-bond donors (Lipinski definition) is 2. The lowest BCUT2D eigenvalue weighted by atomic mass is 9.94. The zero-order valence-electron chi connectivity index (χ0n) is 11.9. The van der Waals surface area contributed by atoms with Gasteiger partial charge in [-0.05, 0) is 79.4 Å². The summed E-state index contributed by atoms with van der Waals surface area (Å²) in [5.41, 5.74) is 7.63. The summed E-state index contributed by atoms with van der Waals surface area (Å²) in [6.45, 7) is 3.48. The molecule has 1 saturated heterocycles. The Morgan fingerprint density at radius 2 is 2.15 bits per heavy atom. The summed E-state index contributed by atoms with van der Waals surface area (Å²) < 4.78 is 1.02. The Kier molecular flexibility index (Phi) is 5.81. The predicted octanol–water partition coefficient (Wildman–Crippen LogP) is 3.23. The van der Waals surface area contributed by atoms with E-state index >= 15 is 0 Å². The van der Waals surface area contributed by atoms with Gasteiger partial charge in [0.15, 0.2) is 0 Å². The second kappa shape index (κ2) is 7.38. The van der Waals surface area contributed by atoms with E-state index in [0.29, 0.717) is 4.99 Å². The molecule has 0 amide bonds. The van der Waals surface area contributed by atoms with Crippen molar-refractivity contribution in [3.63, 3.8) is 0 Å². The molecule has 5 heteroatoms.